The molecule has 0 saturated carbocycles. The molecule has 0 aliphatic rings. The van der Waals surface area contributed by atoms with Gasteiger partial charge in [-0.15, -0.1) is 15.7 Å². The molecule has 0 atom stereocenters. The van der Waals surface area contributed by atoms with E-state index in [4.69, 9.17) is 16.0 Å². The highest BCUT2D eigenvalue weighted by Crippen LogP contribution is 2.02. The Balaban J connectivity index is 4.87. The highest BCUT2D eigenvalue weighted by molar-refractivity contribution is 4.63. The third-order valence-corrected chi connectivity index (χ3v) is 0.763. The lowest BCUT2D eigenvalue weighted by Crippen LogP contribution is -2.46. The monoisotopic (exact) mass is 203 g/mol. The number of nitriles is 1. The van der Waals surface area contributed by atoms with Gasteiger partial charge >= 0.3 is 6.19 Å². The van der Waals surface area contributed by atoms with Crippen molar-refractivity contribution >= 4 is 0 Å². The summed E-state index contributed by atoms with van der Waals surface area (Å²) in [6, 6.07) is 0. The second-order valence-electron chi connectivity index (χ2n) is 1.42. The van der Waals surface area contributed by atoms with Gasteiger partial charge in [0.15, 0.2) is 5.28 Å². The summed E-state index contributed by atoms with van der Waals surface area (Å²) in [5.74, 6) is 0. The van der Waals surface area contributed by atoms with Gasteiger partial charge < -0.3 is 0 Å². The van der Waals surface area contributed by atoms with Crippen LogP contribution in [0.25, 0.3) is 10.4 Å². The number of hydrazine groups is 3. The molecule has 0 aromatic rings. The summed E-state index contributed by atoms with van der Waals surface area (Å²) in [5.41, 5.74) is 7.86. The fraction of sp³-hybridized carbons (Fsp3) is 0. The van der Waals surface area contributed by atoms with Gasteiger partial charge in [0.2, 0.25) is 5.03 Å². The molecule has 0 aliphatic heterocycles. The number of rotatable bonds is 5. The molecule has 1 N–H and O–H groups in total. The van der Waals surface area contributed by atoms with E-state index in [1.54, 1.807) is 0 Å². The lowest BCUT2D eigenvalue weighted by molar-refractivity contribution is -0.786. The summed E-state index contributed by atoms with van der Waals surface area (Å²) >= 11 is 0. The molecule has 0 amide bonds. The van der Waals surface area contributed by atoms with Gasteiger partial charge in [0.1, 0.15) is 10.5 Å². The summed E-state index contributed by atoms with van der Waals surface area (Å²) in [5, 5.41) is 27.8. The minimum Gasteiger partial charge on any atom is -0.231 e. The van der Waals surface area contributed by atoms with Crippen LogP contribution in [0.5, 0.6) is 0 Å². The number of hydrogen-bond donors (Lipinski definition) is 1. The predicted octanol–water partition coefficient (Wildman–Crippen LogP) is -0.309. The third kappa shape index (κ3) is 2.34. The molecule has 74 valence electrons. The van der Waals surface area contributed by atoms with Gasteiger partial charge in [0.05, 0.1) is 0 Å². The van der Waals surface area contributed by atoms with Crippen molar-refractivity contribution in [3.05, 3.63) is 25.5 Å². The average molecular weight is 203 g/mol. The van der Waals surface area contributed by atoms with Crippen molar-refractivity contribution in [1.29, 1.82) is 5.26 Å². The molecule has 0 spiro atoms. The van der Waals surface area contributed by atoms with Crippen molar-refractivity contribution in [2.24, 2.45) is 10.5 Å². The summed E-state index contributed by atoms with van der Waals surface area (Å²) in [7, 11) is 0. The largest absolute Gasteiger partial charge is 0.325 e. The van der Waals surface area contributed by atoms with Crippen molar-refractivity contribution in [1.82, 2.24) is 15.6 Å². The Morgan fingerprint density at radius 3 is 2.57 bits per heavy atom. The number of hydrogen-bond acceptors (Lipinski definition) is 7. The van der Waals surface area contributed by atoms with Crippen LogP contribution in [0.4, 0.5) is 0 Å². The van der Waals surface area contributed by atoms with Gasteiger partial charge in [0.25, 0.3) is 0 Å². The maximum absolute atomic E-state index is 9.92. The molecule has 0 aromatic heterocycles. The second kappa shape index (κ2) is 4.92. The SMILES string of the molecule is N#CN(N=[N+]=[N-])N(N=O)N(O)[N+](=O)[O-]. The first-order chi connectivity index (χ1) is 6.58. The molecule has 0 bridgehead atoms. The summed E-state index contributed by atoms with van der Waals surface area (Å²) < 4.78 is 0. The van der Waals surface area contributed by atoms with Crippen LogP contribution < -0.4 is 0 Å². The third-order valence-electron chi connectivity index (χ3n) is 0.763. The van der Waals surface area contributed by atoms with E-state index in [2.05, 4.69) is 5.22 Å². The van der Waals surface area contributed by atoms with E-state index in [0.717, 1.165) is 6.19 Å². The van der Waals surface area contributed by atoms with Crippen LogP contribution in [0.15, 0.2) is 10.5 Å². The van der Waals surface area contributed by atoms with E-state index in [1.165, 1.54) is 0 Å². The number of nitroso groups, excluding NO2 is 1. The van der Waals surface area contributed by atoms with E-state index < -0.39 is 15.5 Å². The quantitative estimate of drug-likeness (QED) is 0.0923. The number of nitro groups is 1. The van der Waals surface area contributed by atoms with Crippen molar-refractivity contribution in [2.75, 3.05) is 0 Å². The lowest BCUT2D eigenvalue weighted by Gasteiger charge is -2.13. The fourth-order valence-corrected chi connectivity index (χ4v) is 0.342. The summed E-state index contributed by atoms with van der Waals surface area (Å²) in [6.45, 7) is 0. The van der Waals surface area contributed by atoms with Gasteiger partial charge in [-0.3, -0.25) is 0 Å². The molecule has 13 heteroatoms. The molecule has 13 nitrogen and oxygen atoms in total. The van der Waals surface area contributed by atoms with E-state index in [-0.39, 0.29) is 5.12 Å². The molecular formula is CHN9O4. The molecule has 0 fully saturated rings. The molecule has 0 aliphatic carbocycles. The van der Waals surface area contributed by atoms with Crippen molar-refractivity contribution in [3.8, 4) is 6.19 Å². The molecule has 0 rings (SSSR count). The number of nitrogens with zero attached hydrogens (tertiary/aromatic N) is 9. The zero-order chi connectivity index (χ0) is 11.1. The molecule has 0 saturated heterocycles. The normalized spacial score (nSPS) is 7.71. The van der Waals surface area contributed by atoms with Gasteiger partial charge in [-0.05, 0) is 0 Å². The van der Waals surface area contributed by atoms with Crippen LogP contribution in [0.2, 0.25) is 0 Å². The van der Waals surface area contributed by atoms with Crippen LogP contribution in [0, 0.1) is 26.5 Å². The Labute approximate surface area is 74.5 Å². The maximum Gasteiger partial charge on any atom is 0.325 e. The lowest BCUT2D eigenvalue weighted by atomic mass is 11.3. The Kier molecular flexibility index (Phi) is 3.92. The Morgan fingerprint density at radius 2 is 2.29 bits per heavy atom. The summed E-state index contributed by atoms with van der Waals surface area (Å²) in [4.78, 5) is 21.9. The Hall–Kier alpha value is -2.84. The van der Waals surface area contributed by atoms with Gasteiger partial charge in [0, 0.05) is 10.3 Å². The highest BCUT2D eigenvalue weighted by Gasteiger charge is 2.32. The maximum atomic E-state index is 9.92. The fourth-order valence-electron chi connectivity index (χ4n) is 0.342. The molecule has 0 aromatic carbocycles. The van der Waals surface area contributed by atoms with Crippen molar-refractivity contribution < 1.29 is 10.2 Å². The van der Waals surface area contributed by atoms with Crippen LogP contribution in [-0.2, 0) is 0 Å². The van der Waals surface area contributed by atoms with Crippen LogP contribution in [0.1, 0.15) is 0 Å². The van der Waals surface area contributed by atoms with E-state index in [9.17, 15) is 15.0 Å². The van der Waals surface area contributed by atoms with Crippen LogP contribution in [0.3, 0.4) is 0 Å². The average Bonchev–Trinajstić information content (AvgIpc) is 2.17. The minimum absolute atomic E-state index is 0.254. The smallest absolute Gasteiger partial charge is 0.231 e. The molecular weight excluding hydrogens is 202 g/mol. The van der Waals surface area contributed by atoms with Crippen LogP contribution in [-0.4, -0.2) is 25.9 Å². The predicted molar refractivity (Wildman–Crippen MR) is 34.9 cm³/mol. The molecule has 14 heavy (non-hydrogen) atoms. The van der Waals surface area contributed by atoms with E-state index in [0.29, 0.717) is 0 Å². The van der Waals surface area contributed by atoms with E-state index in [1.807, 2.05) is 10.2 Å². The van der Waals surface area contributed by atoms with E-state index >= 15 is 0 Å². The first-order valence-electron chi connectivity index (χ1n) is 2.59. The van der Waals surface area contributed by atoms with Gasteiger partial charge in [-0.2, -0.15) is 4.91 Å². The Morgan fingerprint density at radius 1 is 1.71 bits per heavy atom. The minimum atomic E-state index is -1.49. The van der Waals surface area contributed by atoms with Crippen LogP contribution >= 0.6 is 0 Å². The van der Waals surface area contributed by atoms with Gasteiger partial charge in [-0.25, -0.2) is 15.3 Å². The topological polar surface area (TPSA) is 175 Å². The van der Waals surface area contributed by atoms with Crippen molar-refractivity contribution in [3.63, 3.8) is 0 Å². The zero-order valence-corrected chi connectivity index (χ0v) is 6.20. The van der Waals surface area contributed by atoms with Gasteiger partial charge in [-0.1, -0.05) is 0 Å². The summed E-state index contributed by atoms with van der Waals surface area (Å²) in [6.07, 6.45) is 1.03. The Bertz CT molecular complexity index is 311. The van der Waals surface area contributed by atoms with Crippen molar-refractivity contribution in [2.45, 2.75) is 0 Å². The highest BCUT2D eigenvalue weighted by atomic mass is 16.8. The number of azide groups is 1. The molecule has 0 heterocycles. The second-order valence-corrected chi connectivity index (χ2v) is 1.42. The first-order valence-corrected chi connectivity index (χ1v) is 2.59. The zero-order valence-electron chi connectivity index (χ0n) is 6.20. The first kappa shape index (κ1) is 11.2. The standard InChI is InChI=1S/CHN9O4/c2-1-7(5-4-3)8(6-11)9(12)10(13)14/h12H. The molecule has 0 unspecified atom stereocenters. The molecule has 0 radical (unpaired) electrons.